The number of aryl methyl sites for hydroxylation is 2. The molecule has 1 fully saturated rings. The number of rotatable bonds is 5. The zero-order valence-electron chi connectivity index (χ0n) is 14.7. The number of amides is 1. The quantitative estimate of drug-likeness (QED) is 0.566. The second-order valence-corrected chi connectivity index (χ2v) is 9.29. The van der Waals surface area contributed by atoms with Crippen molar-refractivity contribution in [3.8, 4) is 0 Å². The highest BCUT2D eigenvalue weighted by Crippen LogP contribution is 2.17. The van der Waals surface area contributed by atoms with E-state index < -0.39 is 10.0 Å². The van der Waals surface area contributed by atoms with E-state index in [0.717, 1.165) is 9.26 Å². The summed E-state index contributed by atoms with van der Waals surface area (Å²) in [4.78, 5) is 14.3. The van der Waals surface area contributed by atoms with Gasteiger partial charge < -0.3 is 4.90 Å². The first-order chi connectivity index (χ1) is 12.3. The molecule has 1 amide bonds. The highest BCUT2D eigenvalue weighted by molar-refractivity contribution is 14.1. The summed E-state index contributed by atoms with van der Waals surface area (Å²) in [5.41, 5.74) is 1.05. The van der Waals surface area contributed by atoms with Crippen LogP contribution in [0.3, 0.4) is 0 Å². The Bertz CT molecular complexity index is 898. The Labute approximate surface area is 166 Å². The Kier molecular flexibility index (Phi) is 5.67. The van der Waals surface area contributed by atoms with Crippen molar-refractivity contribution in [2.45, 2.75) is 24.8 Å². The average Bonchev–Trinajstić information content (AvgIpc) is 3.20. The molecular weight excluding hydrogens is 471 g/mol. The maximum Gasteiger partial charge on any atom is 0.246 e. The van der Waals surface area contributed by atoms with Crippen LogP contribution in [-0.2, 0) is 28.4 Å². The van der Waals surface area contributed by atoms with Gasteiger partial charge in [0.25, 0.3) is 0 Å². The molecule has 142 valence electrons. The third kappa shape index (κ3) is 3.93. The van der Waals surface area contributed by atoms with Crippen molar-refractivity contribution in [3.63, 3.8) is 0 Å². The van der Waals surface area contributed by atoms with E-state index in [-0.39, 0.29) is 10.8 Å². The highest BCUT2D eigenvalue weighted by atomic mass is 127. The van der Waals surface area contributed by atoms with Crippen LogP contribution in [0.1, 0.15) is 12.1 Å². The van der Waals surface area contributed by atoms with E-state index in [9.17, 15) is 13.2 Å². The summed E-state index contributed by atoms with van der Waals surface area (Å²) in [5, 5.41) is 8.18. The van der Waals surface area contributed by atoms with Gasteiger partial charge in [0.05, 0.1) is 16.0 Å². The fourth-order valence-corrected chi connectivity index (χ4v) is 4.68. The zero-order valence-corrected chi connectivity index (χ0v) is 17.6. The summed E-state index contributed by atoms with van der Waals surface area (Å²) in [6.45, 7) is 3.88. The number of hydrogen-bond acceptors (Lipinski definition) is 5. The Morgan fingerprint density at radius 3 is 2.42 bits per heavy atom. The Balaban J connectivity index is 1.54. The van der Waals surface area contributed by atoms with Crippen molar-refractivity contribution in [1.82, 2.24) is 28.8 Å². The molecule has 3 rings (SSSR count). The lowest BCUT2D eigenvalue weighted by molar-refractivity contribution is -0.132. The molecule has 1 saturated heterocycles. The van der Waals surface area contributed by atoms with Crippen molar-refractivity contribution in [2.24, 2.45) is 7.05 Å². The number of sulfonamides is 1. The number of hydrogen-bond donors (Lipinski definition) is 0. The van der Waals surface area contributed by atoms with Crippen LogP contribution < -0.4 is 0 Å². The van der Waals surface area contributed by atoms with Gasteiger partial charge in [0.1, 0.15) is 4.90 Å². The normalized spacial score (nSPS) is 16.2. The predicted molar refractivity (Wildman–Crippen MR) is 103 cm³/mol. The maximum atomic E-state index is 12.6. The van der Waals surface area contributed by atoms with E-state index in [0.29, 0.717) is 39.1 Å². The van der Waals surface area contributed by atoms with Crippen molar-refractivity contribution >= 4 is 38.5 Å². The van der Waals surface area contributed by atoms with Crippen LogP contribution in [-0.4, -0.2) is 69.3 Å². The number of carbonyl (C=O) groups excluding carboxylic acids is 1. The molecule has 3 heterocycles. The molecule has 1 aliphatic heterocycles. The van der Waals surface area contributed by atoms with Crippen molar-refractivity contribution in [2.75, 3.05) is 26.2 Å². The van der Waals surface area contributed by atoms with E-state index in [4.69, 9.17) is 0 Å². The molecule has 0 bridgehead atoms. The van der Waals surface area contributed by atoms with E-state index in [1.54, 1.807) is 18.1 Å². The molecule has 0 aliphatic carbocycles. The van der Waals surface area contributed by atoms with Gasteiger partial charge >= 0.3 is 0 Å². The number of piperazine rings is 1. The topological polar surface area (TPSA) is 93.3 Å². The van der Waals surface area contributed by atoms with Crippen LogP contribution in [0.5, 0.6) is 0 Å². The summed E-state index contributed by atoms with van der Waals surface area (Å²) in [6.07, 6.45) is 4.97. The molecule has 0 atom stereocenters. The molecule has 2 aromatic rings. The fourth-order valence-electron chi connectivity index (χ4n) is 2.87. The minimum absolute atomic E-state index is 0.0216. The molecule has 0 unspecified atom stereocenters. The molecule has 0 saturated carbocycles. The molecule has 0 aromatic carbocycles. The second kappa shape index (κ2) is 7.64. The molecular formula is C15H21IN6O3S. The third-order valence-electron chi connectivity index (χ3n) is 4.49. The van der Waals surface area contributed by atoms with Gasteiger partial charge in [-0.1, -0.05) is 0 Å². The van der Waals surface area contributed by atoms with Crippen molar-refractivity contribution < 1.29 is 13.2 Å². The van der Waals surface area contributed by atoms with Gasteiger partial charge in [-0.25, -0.2) is 8.42 Å². The smallest absolute Gasteiger partial charge is 0.246 e. The molecule has 0 N–H and O–H groups in total. The lowest BCUT2D eigenvalue weighted by atomic mass is 10.3. The van der Waals surface area contributed by atoms with Gasteiger partial charge in [-0.15, -0.1) is 0 Å². The fraction of sp³-hybridized carbons (Fsp3) is 0.533. The Hall–Kier alpha value is -1.47. The molecule has 0 radical (unpaired) electrons. The van der Waals surface area contributed by atoms with E-state index >= 15 is 0 Å². The SMILES string of the molecule is Cc1c(I)cnn1CCC(=O)N1CCN(S(=O)(=O)c2cnn(C)c2)CC1. The minimum atomic E-state index is -3.55. The zero-order chi connectivity index (χ0) is 18.9. The van der Waals surface area contributed by atoms with E-state index in [1.807, 2.05) is 11.6 Å². The van der Waals surface area contributed by atoms with Crippen molar-refractivity contribution in [1.29, 1.82) is 0 Å². The van der Waals surface area contributed by atoms with Gasteiger partial charge in [0, 0.05) is 58.1 Å². The van der Waals surface area contributed by atoms with Crippen molar-refractivity contribution in [3.05, 3.63) is 27.9 Å². The predicted octanol–water partition coefficient (Wildman–Crippen LogP) is 0.453. The average molecular weight is 492 g/mol. The molecule has 26 heavy (non-hydrogen) atoms. The van der Waals surface area contributed by atoms with Crippen LogP contribution in [0.2, 0.25) is 0 Å². The summed E-state index contributed by atoms with van der Waals surface area (Å²) < 4.78 is 30.9. The molecule has 9 nitrogen and oxygen atoms in total. The molecule has 11 heteroatoms. The largest absolute Gasteiger partial charge is 0.340 e. The summed E-state index contributed by atoms with van der Waals surface area (Å²) >= 11 is 2.21. The van der Waals surface area contributed by atoms with Crippen LogP contribution in [0.4, 0.5) is 0 Å². The van der Waals surface area contributed by atoms with Crippen LogP contribution in [0.15, 0.2) is 23.5 Å². The minimum Gasteiger partial charge on any atom is -0.340 e. The van der Waals surface area contributed by atoms with Gasteiger partial charge in [-0.3, -0.25) is 14.2 Å². The summed E-state index contributed by atoms with van der Waals surface area (Å²) in [7, 11) is -1.87. The third-order valence-corrected chi connectivity index (χ3v) is 7.40. The Morgan fingerprint density at radius 1 is 1.19 bits per heavy atom. The first-order valence-electron chi connectivity index (χ1n) is 8.23. The molecule has 0 spiro atoms. The lowest BCUT2D eigenvalue weighted by Crippen LogP contribution is -2.50. The van der Waals surface area contributed by atoms with E-state index in [2.05, 4.69) is 32.8 Å². The van der Waals surface area contributed by atoms with Gasteiger partial charge in [-0.05, 0) is 29.5 Å². The monoisotopic (exact) mass is 492 g/mol. The Morgan fingerprint density at radius 2 is 1.88 bits per heavy atom. The number of aromatic nitrogens is 4. The standard InChI is InChI=1S/C15H21IN6O3S/c1-12-14(16)10-18-22(12)4-3-15(23)20-5-7-21(8-6-20)26(24,25)13-9-17-19(2)11-13/h9-11H,3-8H2,1-2H3. The lowest BCUT2D eigenvalue weighted by Gasteiger charge is -2.33. The van der Waals surface area contributed by atoms with Crippen LogP contribution in [0, 0.1) is 10.5 Å². The van der Waals surface area contributed by atoms with Crippen LogP contribution in [0.25, 0.3) is 0 Å². The molecule has 2 aromatic heterocycles. The number of halogens is 1. The maximum absolute atomic E-state index is 12.6. The van der Waals surface area contributed by atoms with E-state index in [1.165, 1.54) is 21.4 Å². The highest BCUT2D eigenvalue weighted by Gasteiger charge is 2.30. The van der Waals surface area contributed by atoms with Gasteiger partial charge in [-0.2, -0.15) is 14.5 Å². The number of nitrogens with zero attached hydrogens (tertiary/aromatic N) is 6. The molecule has 1 aliphatic rings. The first kappa shape index (κ1) is 19.3. The summed E-state index contributed by atoms with van der Waals surface area (Å²) in [6, 6.07) is 0. The summed E-state index contributed by atoms with van der Waals surface area (Å²) in [5.74, 6) is 0.0216. The van der Waals surface area contributed by atoms with Crippen LogP contribution >= 0.6 is 22.6 Å². The first-order valence-corrected chi connectivity index (χ1v) is 10.8. The van der Waals surface area contributed by atoms with Gasteiger partial charge in [0.2, 0.25) is 15.9 Å². The van der Waals surface area contributed by atoms with Gasteiger partial charge in [0.15, 0.2) is 0 Å². The second-order valence-electron chi connectivity index (χ2n) is 6.19. The number of carbonyl (C=O) groups is 1.